The number of nitrogens with two attached hydrogens (primary N) is 1. The van der Waals surface area contributed by atoms with Crippen LogP contribution >= 0.6 is 0 Å². The maximum Gasteiger partial charge on any atom is 0.0951 e. The minimum atomic E-state index is 0.273. The van der Waals surface area contributed by atoms with Crippen LogP contribution in [0, 0.1) is 5.92 Å². The number of nitrogens with zero attached hydrogens (tertiary/aromatic N) is 3. The van der Waals surface area contributed by atoms with Gasteiger partial charge in [-0.15, -0.1) is 0 Å². The van der Waals surface area contributed by atoms with Crippen molar-refractivity contribution in [3.8, 4) is 0 Å². The lowest BCUT2D eigenvalue weighted by atomic mass is 9.85. The molecule has 2 rings (SSSR count). The van der Waals surface area contributed by atoms with Crippen molar-refractivity contribution in [2.24, 2.45) is 11.7 Å². The van der Waals surface area contributed by atoms with Gasteiger partial charge in [-0.3, -0.25) is 4.90 Å². The highest BCUT2D eigenvalue weighted by Gasteiger charge is 2.29. The molecular weight excluding hydrogens is 248 g/mol. The Morgan fingerprint density at radius 3 is 2.80 bits per heavy atom. The Hall–Kier alpha value is -0.870. The normalized spacial score (nSPS) is 25.4. The second-order valence-electron chi connectivity index (χ2n) is 6.66. The first kappa shape index (κ1) is 15.5. The van der Waals surface area contributed by atoms with E-state index in [1.54, 1.807) is 0 Å². The minimum Gasteiger partial charge on any atom is -0.331 e. The van der Waals surface area contributed by atoms with Gasteiger partial charge in [-0.25, -0.2) is 4.98 Å². The number of aromatic nitrogens is 2. The summed E-state index contributed by atoms with van der Waals surface area (Å²) in [6.45, 7) is 7.42. The van der Waals surface area contributed by atoms with Gasteiger partial charge in [0.2, 0.25) is 0 Å². The van der Waals surface area contributed by atoms with Crippen LogP contribution in [0.2, 0.25) is 0 Å². The van der Waals surface area contributed by atoms with E-state index in [9.17, 15) is 0 Å². The van der Waals surface area contributed by atoms with Crippen LogP contribution in [0.5, 0.6) is 0 Å². The van der Waals surface area contributed by atoms with Crippen molar-refractivity contribution in [2.45, 2.75) is 64.6 Å². The first-order valence-corrected chi connectivity index (χ1v) is 7.98. The Labute approximate surface area is 123 Å². The fourth-order valence-electron chi connectivity index (χ4n) is 3.53. The molecule has 1 fully saturated rings. The summed E-state index contributed by atoms with van der Waals surface area (Å²) in [7, 11) is 2.23. The number of hydrogen-bond acceptors (Lipinski definition) is 3. The highest BCUT2D eigenvalue weighted by Crippen LogP contribution is 2.31. The number of likely N-dealkylation sites (N-methyl/N-ethyl adjacent to an activating group) is 1. The molecular formula is C16H30N4. The molecule has 0 amide bonds. The van der Waals surface area contributed by atoms with E-state index in [1.165, 1.54) is 31.4 Å². The van der Waals surface area contributed by atoms with E-state index < -0.39 is 0 Å². The molecule has 0 aliphatic heterocycles. The molecule has 1 aliphatic rings. The van der Waals surface area contributed by atoms with Crippen molar-refractivity contribution in [1.82, 2.24) is 14.5 Å². The molecule has 114 valence electrons. The molecule has 4 heteroatoms. The van der Waals surface area contributed by atoms with Crippen LogP contribution in [-0.2, 0) is 0 Å². The average Bonchev–Trinajstić information content (AvgIpc) is 2.89. The van der Waals surface area contributed by atoms with Gasteiger partial charge in [0.15, 0.2) is 0 Å². The Balaban J connectivity index is 2.16. The van der Waals surface area contributed by atoms with E-state index >= 15 is 0 Å². The smallest absolute Gasteiger partial charge is 0.0951 e. The molecule has 2 N–H and O–H groups in total. The third-order valence-electron chi connectivity index (χ3n) is 4.79. The number of hydrogen-bond donors (Lipinski definition) is 1. The van der Waals surface area contributed by atoms with Crippen LogP contribution in [0.25, 0.3) is 0 Å². The quantitative estimate of drug-likeness (QED) is 0.900. The van der Waals surface area contributed by atoms with Crippen molar-refractivity contribution in [1.29, 1.82) is 0 Å². The Morgan fingerprint density at radius 1 is 1.45 bits per heavy atom. The van der Waals surface area contributed by atoms with Gasteiger partial charge in [0.1, 0.15) is 0 Å². The van der Waals surface area contributed by atoms with E-state index in [1.807, 2.05) is 12.5 Å². The zero-order valence-corrected chi connectivity index (χ0v) is 13.4. The van der Waals surface area contributed by atoms with Gasteiger partial charge >= 0.3 is 0 Å². The first-order valence-electron chi connectivity index (χ1n) is 7.98. The van der Waals surface area contributed by atoms with Crippen molar-refractivity contribution in [3.05, 3.63) is 18.2 Å². The fourth-order valence-corrected chi connectivity index (χ4v) is 3.53. The van der Waals surface area contributed by atoms with E-state index in [2.05, 4.69) is 42.3 Å². The summed E-state index contributed by atoms with van der Waals surface area (Å²) >= 11 is 0. The molecule has 0 aromatic carbocycles. The topological polar surface area (TPSA) is 47.1 Å². The third-order valence-corrected chi connectivity index (χ3v) is 4.79. The van der Waals surface area contributed by atoms with Gasteiger partial charge in [-0.05, 0) is 39.7 Å². The predicted molar refractivity (Wildman–Crippen MR) is 83.6 cm³/mol. The molecule has 1 heterocycles. The molecule has 1 aromatic rings. The number of rotatable bonds is 5. The van der Waals surface area contributed by atoms with E-state index in [4.69, 9.17) is 5.73 Å². The lowest BCUT2D eigenvalue weighted by molar-refractivity contribution is 0.116. The van der Waals surface area contributed by atoms with Crippen molar-refractivity contribution < 1.29 is 0 Å². The largest absolute Gasteiger partial charge is 0.331 e. The zero-order valence-electron chi connectivity index (χ0n) is 13.4. The second kappa shape index (κ2) is 6.72. The van der Waals surface area contributed by atoms with Crippen molar-refractivity contribution in [3.63, 3.8) is 0 Å². The highest BCUT2D eigenvalue weighted by molar-refractivity contribution is 5.08. The molecule has 1 saturated carbocycles. The molecule has 0 bridgehead atoms. The monoisotopic (exact) mass is 278 g/mol. The van der Waals surface area contributed by atoms with Crippen LogP contribution < -0.4 is 5.73 Å². The number of imidazole rings is 1. The Bertz CT molecular complexity index is 412. The summed E-state index contributed by atoms with van der Waals surface area (Å²) in [5, 5.41) is 0. The maximum atomic E-state index is 6.09. The molecule has 0 saturated heterocycles. The van der Waals surface area contributed by atoms with Gasteiger partial charge in [-0.2, -0.15) is 0 Å². The summed E-state index contributed by atoms with van der Waals surface area (Å²) in [5.74, 6) is 0.838. The first-order chi connectivity index (χ1) is 9.54. The summed E-state index contributed by atoms with van der Waals surface area (Å²) in [4.78, 5) is 6.83. The van der Waals surface area contributed by atoms with Crippen LogP contribution in [0.1, 0.15) is 64.2 Å². The van der Waals surface area contributed by atoms with Gasteiger partial charge in [0, 0.05) is 24.8 Å². The Morgan fingerprint density at radius 2 is 2.20 bits per heavy atom. The summed E-state index contributed by atoms with van der Waals surface area (Å²) in [6.07, 6.45) is 9.23. The minimum absolute atomic E-state index is 0.273. The molecule has 3 atom stereocenters. The third kappa shape index (κ3) is 3.23. The zero-order chi connectivity index (χ0) is 14.7. The Kier molecular flexibility index (Phi) is 5.22. The van der Waals surface area contributed by atoms with Gasteiger partial charge < -0.3 is 10.3 Å². The standard InChI is InChI=1S/C16H30N4/c1-12(2)20-11-18-10-16(20)15(9-17)19(4)14-7-5-6-13(3)8-14/h10-15H,5-9,17H2,1-4H3. The van der Waals surface area contributed by atoms with Crippen LogP contribution in [0.15, 0.2) is 12.5 Å². The summed E-state index contributed by atoms with van der Waals surface area (Å²) in [5.41, 5.74) is 7.35. The van der Waals surface area contributed by atoms with Gasteiger partial charge in [-0.1, -0.05) is 19.8 Å². The maximum absolute atomic E-state index is 6.09. The molecule has 3 unspecified atom stereocenters. The molecule has 0 spiro atoms. The molecule has 1 aliphatic carbocycles. The second-order valence-corrected chi connectivity index (χ2v) is 6.66. The molecule has 4 nitrogen and oxygen atoms in total. The lowest BCUT2D eigenvalue weighted by Crippen LogP contribution is -2.41. The van der Waals surface area contributed by atoms with Crippen LogP contribution in [0.3, 0.4) is 0 Å². The summed E-state index contributed by atoms with van der Waals surface area (Å²) in [6, 6.07) is 1.36. The van der Waals surface area contributed by atoms with E-state index in [0.717, 1.165) is 5.92 Å². The predicted octanol–water partition coefficient (Wildman–Crippen LogP) is 2.97. The lowest BCUT2D eigenvalue weighted by Gasteiger charge is -2.39. The fraction of sp³-hybridized carbons (Fsp3) is 0.812. The van der Waals surface area contributed by atoms with E-state index in [0.29, 0.717) is 18.6 Å². The van der Waals surface area contributed by atoms with Crippen LogP contribution in [0.4, 0.5) is 0 Å². The highest BCUT2D eigenvalue weighted by atomic mass is 15.2. The average molecular weight is 278 g/mol. The van der Waals surface area contributed by atoms with Crippen molar-refractivity contribution >= 4 is 0 Å². The molecule has 1 aromatic heterocycles. The SMILES string of the molecule is CC1CCCC(N(C)C(CN)c2cncn2C(C)C)C1. The van der Waals surface area contributed by atoms with Gasteiger partial charge in [0.25, 0.3) is 0 Å². The molecule has 20 heavy (non-hydrogen) atoms. The van der Waals surface area contributed by atoms with Crippen LogP contribution in [-0.4, -0.2) is 34.1 Å². The summed E-state index contributed by atoms with van der Waals surface area (Å²) < 4.78 is 2.25. The molecule has 0 radical (unpaired) electrons. The van der Waals surface area contributed by atoms with E-state index in [-0.39, 0.29) is 6.04 Å². The van der Waals surface area contributed by atoms with Gasteiger partial charge in [0.05, 0.1) is 18.1 Å². The van der Waals surface area contributed by atoms with Crippen molar-refractivity contribution in [2.75, 3.05) is 13.6 Å².